The molecule has 4 aromatic carbocycles. The molecule has 1 aromatic heterocycles. The van der Waals surface area contributed by atoms with E-state index < -0.39 is 113 Å². The zero-order valence-electron chi connectivity index (χ0n) is 44.3. The van der Waals surface area contributed by atoms with Gasteiger partial charge in [0.05, 0.1) is 24.8 Å². The Balaban J connectivity index is 0.958. The van der Waals surface area contributed by atoms with E-state index in [0.717, 1.165) is 40.2 Å². The minimum Gasteiger partial charge on any atom is -0.508 e. The molecule has 79 heavy (non-hydrogen) atoms. The lowest BCUT2D eigenvalue weighted by Gasteiger charge is -2.41. The Kier molecular flexibility index (Phi) is 18.4. The molecule has 1 fully saturated rings. The number of halogens is 4. The minimum absolute atomic E-state index is 0.00895. The summed E-state index contributed by atoms with van der Waals surface area (Å²) in [6, 6.07) is 17.1. The molecule has 3 heterocycles. The summed E-state index contributed by atoms with van der Waals surface area (Å²) in [4.78, 5) is 101. The van der Waals surface area contributed by atoms with Crippen molar-refractivity contribution in [3.05, 3.63) is 149 Å². The van der Waals surface area contributed by atoms with Gasteiger partial charge in [-0.2, -0.15) is 0 Å². The van der Waals surface area contributed by atoms with Crippen LogP contribution >= 0.6 is 0 Å². The smallest absolute Gasteiger partial charge is 0.410 e. The normalized spacial score (nSPS) is 16.9. The highest BCUT2D eigenvalue weighted by Crippen LogP contribution is 2.41. The Labute approximate surface area is 453 Å². The Morgan fingerprint density at radius 3 is 2.13 bits per heavy atom. The molecule has 0 bridgehead atoms. The van der Waals surface area contributed by atoms with Gasteiger partial charge in [0, 0.05) is 61.6 Å². The number of ether oxygens (including phenoxy) is 1. The average Bonchev–Trinajstić information content (AvgIpc) is 4.17. The van der Waals surface area contributed by atoms with Crippen molar-refractivity contribution in [3.8, 4) is 17.0 Å². The highest BCUT2D eigenvalue weighted by Gasteiger charge is 2.45. The van der Waals surface area contributed by atoms with Gasteiger partial charge in [0.2, 0.25) is 17.7 Å². The fourth-order valence-electron chi connectivity index (χ4n) is 9.46. The summed E-state index contributed by atoms with van der Waals surface area (Å²) in [7, 11) is 0. The first-order chi connectivity index (χ1) is 37.4. The number of aromatic hydroxyl groups is 1. The minimum atomic E-state index is -1.66. The number of carbonyl (C=O) groups is 7. The van der Waals surface area contributed by atoms with Crippen LogP contribution in [0.3, 0.4) is 0 Å². The quantitative estimate of drug-likeness (QED) is 0.0425. The number of hydrogen-bond donors (Lipinski definition) is 5. The van der Waals surface area contributed by atoms with Crippen LogP contribution < -0.4 is 16.0 Å². The van der Waals surface area contributed by atoms with E-state index in [-0.39, 0.29) is 62.0 Å². The fourth-order valence-corrected chi connectivity index (χ4v) is 9.46. The highest BCUT2D eigenvalue weighted by molar-refractivity contribution is 6.15. The number of benzene rings is 4. The van der Waals surface area contributed by atoms with Gasteiger partial charge >= 0.3 is 6.09 Å². The molecule has 1 unspecified atom stereocenters. The number of anilines is 1. The fraction of sp³-hybridized carbons (Fsp3) is 0.368. The molecular formula is C57H62F4N8O10. The number of imidazole rings is 1. The van der Waals surface area contributed by atoms with Crippen LogP contribution in [0.1, 0.15) is 70.1 Å². The van der Waals surface area contributed by atoms with Crippen LogP contribution in [0.2, 0.25) is 0 Å². The van der Waals surface area contributed by atoms with E-state index in [2.05, 4.69) is 16.0 Å². The Bertz CT molecular complexity index is 3090. The number of aliphatic hydroxyl groups is 1. The molecule has 418 valence electrons. The first-order valence-electron chi connectivity index (χ1n) is 25.5. The summed E-state index contributed by atoms with van der Waals surface area (Å²) in [6.45, 7) is 8.27. The zero-order valence-corrected chi connectivity index (χ0v) is 44.3. The van der Waals surface area contributed by atoms with Crippen molar-refractivity contribution in [2.24, 2.45) is 17.3 Å². The van der Waals surface area contributed by atoms with Gasteiger partial charge in [0.15, 0.2) is 0 Å². The van der Waals surface area contributed by atoms with Gasteiger partial charge in [-0.05, 0) is 89.5 Å². The molecular weight excluding hydrogens is 1030 g/mol. The number of nitrogens with one attached hydrogen (secondary N) is 3. The van der Waals surface area contributed by atoms with Crippen LogP contribution in [0.25, 0.3) is 11.3 Å². The molecule has 0 saturated carbocycles. The second kappa shape index (κ2) is 24.9. The predicted molar refractivity (Wildman–Crippen MR) is 280 cm³/mol. The number of aliphatic hydroxyl groups excluding tert-OH is 1. The van der Waals surface area contributed by atoms with Crippen molar-refractivity contribution in [1.29, 1.82) is 0 Å². The Morgan fingerprint density at radius 1 is 0.835 bits per heavy atom. The number of hydrogen-bond acceptors (Lipinski definition) is 11. The third-order valence-corrected chi connectivity index (χ3v) is 13.4. The number of phenolic OH excluding ortho intramolecular Hbond substituents is 1. The lowest BCUT2D eigenvalue weighted by molar-refractivity contribution is -0.146. The molecule has 18 nitrogen and oxygen atoms in total. The number of aromatic nitrogens is 2. The van der Waals surface area contributed by atoms with Gasteiger partial charge in [0.25, 0.3) is 17.7 Å². The average molecular weight is 1100 g/mol. The third kappa shape index (κ3) is 14.6. The number of carbonyl (C=O) groups excluding carboxylic acids is 7. The van der Waals surface area contributed by atoms with Crippen molar-refractivity contribution in [2.75, 3.05) is 31.5 Å². The lowest BCUT2D eigenvalue weighted by atomic mass is 9.84. The van der Waals surface area contributed by atoms with Gasteiger partial charge in [-0.15, -0.1) is 0 Å². The highest BCUT2D eigenvalue weighted by atomic mass is 19.1. The van der Waals surface area contributed by atoms with Crippen molar-refractivity contribution < 1.29 is 66.1 Å². The van der Waals surface area contributed by atoms with E-state index in [4.69, 9.17) is 9.72 Å². The lowest BCUT2D eigenvalue weighted by Crippen LogP contribution is -2.57. The topological polar surface area (TPSA) is 233 Å². The van der Waals surface area contributed by atoms with Gasteiger partial charge in [-0.1, -0.05) is 71.0 Å². The molecule has 5 N–H and O–H groups in total. The standard InChI is InChI=1S/C57H62F4N8O10/c1-32(2)50(65-53(75)46(69-48(73)20-21-49(69)74)23-34-12-17-41(71)18-13-34)54(76)62-25-47(72)63-40-15-10-35(11-16-40)31-79-56(78)67-27-37(44(61)29-67)28-68(55(77)33(3)70)51(57(4,5)6)52-64-45(42-24-39(59)14-19-43(42)60)30-66(52)26-36-8-7-9-38(58)22-36/h7-22,24,30,32-33,37,44,46,50-51,70-71H,23,25-29,31H2,1-6H3,(H,62,76)(H,63,72)(H,65,75)/t33-,37-,44-,46-,50?,51-/m0/s1. The van der Waals surface area contributed by atoms with Crippen molar-refractivity contribution in [1.82, 2.24) is 34.9 Å². The summed E-state index contributed by atoms with van der Waals surface area (Å²) < 4.78 is 67.4. The van der Waals surface area contributed by atoms with E-state index in [1.165, 1.54) is 72.6 Å². The van der Waals surface area contributed by atoms with E-state index >= 15 is 8.78 Å². The third-order valence-electron chi connectivity index (χ3n) is 13.4. The molecule has 1 saturated heterocycles. The van der Waals surface area contributed by atoms with Crippen LogP contribution in [-0.4, -0.2) is 127 Å². The summed E-state index contributed by atoms with van der Waals surface area (Å²) in [6.07, 6.45) is -0.664. The van der Waals surface area contributed by atoms with Crippen LogP contribution in [-0.2, 0) is 53.1 Å². The van der Waals surface area contributed by atoms with Crippen molar-refractivity contribution in [2.45, 2.75) is 91.5 Å². The molecule has 6 atom stereocenters. The number of likely N-dealkylation sites (tertiary alicyclic amines) is 1. The predicted octanol–water partition coefficient (Wildman–Crippen LogP) is 6.36. The molecule has 0 spiro atoms. The van der Waals surface area contributed by atoms with E-state index in [1.807, 2.05) is 0 Å². The molecule has 5 aromatic rings. The van der Waals surface area contributed by atoms with Gasteiger partial charge in [0.1, 0.15) is 60.0 Å². The number of alkyl halides is 1. The SMILES string of the molecule is CC(C)C(NC(=O)[C@H](Cc1ccc(O)cc1)N1C(=O)C=CC1=O)C(=O)NCC(=O)Nc1ccc(COC(=O)N2C[C@@H](CN(C(=O)[C@H](C)O)[C@@H](c3nc(-c4cc(F)ccc4F)cn3Cc3cccc(F)c3)C(C)(C)C)[C@@H](F)C2)cc1. The maximum atomic E-state index is 16.1. The van der Waals surface area contributed by atoms with Crippen molar-refractivity contribution >= 4 is 47.2 Å². The molecule has 0 aliphatic carbocycles. The summed E-state index contributed by atoms with van der Waals surface area (Å²) >= 11 is 0. The van der Waals surface area contributed by atoms with Gasteiger partial charge < -0.3 is 45.3 Å². The largest absolute Gasteiger partial charge is 0.508 e. The summed E-state index contributed by atoms with van der Waals surface area (Å²) in [5.74, 6) is -7.71. The van der Waals surface area contributed by atoms with Crippen LogP contribution in [0.4, 0.5) is 28.0 Å². The molecule has 0 radical (unpaired) electrons. The molecule has 7 rings (SSSR count). The van der Waals surface area contributed by atoms with E-state index in [1.54, 1.807) is 57.4 Å². The second-order valence-electron chi connectivity index (χ2n) is 21.0. The van der Waals surface area contributed by atoms with E-state index in [0.29, 0.717) is 22.4 Å². The number of nitrogens with zero attached hydrogens (tertiary/aromatic N) is 5. The van der Waals surface area contributed by atoms with Crippen LogP contribution in [0.5, 0.6) is 5.75 Å². The zero-order chi connectivity index (χ0) is 57.5. The molecule has 22 heteroatoms. The number of phenols is 1. The van der Waals surface area contributed by atoms with Gasteiger partial charge in [-0.3, -0.25) is 33.7 Å². The molecule has 2 aliphatic heterocycles. The van der Waals surface area contributed by atoms with Crippen LogP contribution in [0, 0.1) is 34.7 Å². The maximum Gasteiger partial charge on any atom is 0.410 e. The van der Waals surface area contributed by atoms with Gasteiger partial charge in [-0.25, -0.2) is 27.3 Å². The Morgan fingerprint density at radius 2 is 1.49 bits per heavy atom. The number of imide groups is 1. The summed E-state index contributed by atoms with van der Waals surface area (Å²) in [5, 5.41) is 28.2. The van der Waals surface area contributed by atoms with Crippen molar-refractivity contribution in [3.63, 3.8) is 0 Å². The monoisotopic (exact) mass is 1090 g/mol. The Hall–Kier alpha value is -8.40. The first-order valence-corrected chi connectivity index (χ1v) is 25.5. The molecule has 2 aliphatic rings. The second-order valence-corrected chi connectivity index (χ2v) is 21.0. The summed E-state index contributed by atoms with van der Waals surface area (Å²) in [5.41, 5.74) is 0.743. The number of amides is 7. The van der Waals surface area contributed by atoms with Crippen LogP contribution in [0.15, 0.2) is 109 Å². The maximum absolute atomic E-state index is 16.1. The number of rotatable bonds is 20. The molecule has 7 amide bonds. The van der Waals surface area contributed by atoms with E-state index in [9.17, 15) is 52.6 Å². The first kappa shape index (κ1) is 58.3.